The summed E-state index contributed by atoms with van der Waals surface area (Å²) in [7, 11) is 1.57. The molecule has 1 aromatic heterocycles. The van der Waals surface area contributed by atoms with Gasteiger partial charge in [-0.2, -0.15) is 0 Å². The number of ether oxygens (including phenoxy) is 2. The molecule has 0 aliphatic rings. The van der Waals surface area contributed by atoms with E-state index in [1.54, 1.807) is 24.6 Å². The number of methoxy groups -OCH3 is 1. The number of benzene rings is 3. The first-order valence-corrected chi connectivity index (χ1v) is 10.4. The number of amides is 1. The minimum atomic E-state index is -0.498. The van der Waals surface area contributed by atoms with Gasteiger partial charge in [-0.1, -0.05) is 42.5 Å². The molecule has 0 saturated heterocycles. The van der Waals surface area contributed by atoms with Crippen LogP contribution < -0.4 is 14.8 Å². The molecule has 0 bridgehead atoms. The van der Waals surface area contributed by atoms with Crippen LogP contribution >= 0.6 is 11.3 Å². The van der Waals surface area contributed by atoms with E-state index < -0.39 is 11.7 Å². The summed E-state index contributed by atoms with van der Waals surface area (Å²) in [6.07, 6.45) is 0. The second-order valence-corrected chi connectivity index (χ2v) is 7.47. The number of halogens is 1. The van der Waals surface area contributed by atoms with E-state index in [-0.39, 0.29) is 11.4 Å². The molecule has 0 atom stereocenters. The highest BCUT2D eigenvalue weighted by Gasteiger charge is 2.15. The predicted octanol–water partition coefficient (Wildman–Crippen LogP) is 5.79. The molecule has 0 fully saturated rings. The molecule has 156 valence electrons. The van der Waals surface area contributed by atoms with Crippen LogP contribution in [0.5, 0.6) is 11.5 Å². The molecule has 0 aliphatic heterocycles. The van der Waals surface area contributed by atoms with Gasteiger partial charge in [-0.15, -0.1) is 11.3 Å². The van der Waals surface area contributed by atoms with E-state index in [9.17, 15) is 9.18 Å². The SMILES string of the molecule is COc1cc(-c2nc(C(=O)Nc3ccccc3F)cs2)ccc1OCc1ccccc1. The van der Waals surface area contributed by atoms with Crippen LogP contribution in [0.1, 0.15) is 16.1 Å². The Morgan fingerprint density at radius 3 is 2.58 bits per heavy atom. The van der Waals surface area contributed by atoms with Crippen LogP contribution in [0.4, 0.5) is 10.1 Å². The maximum Gasteiger partial charge on any atom is 0.275 e. The lowest BCUT2D eigenvalue weighted by Gasteiger charge is -2.11. The normalized spacial score (nSPS) is 10.5. The molecule has 1 N–H and O–H groups in total. The third kappa shape index (κ3) is 4.90. The monoisotopic (exact) mass is 434 g/mol. The van der Waals surface area contributed by atoms with Crippen LogP contribution in [-0.2, 0) is 6.61 Å². The molecule has 0 saturated carbocycles. The fourth-order valence-electron chi connectivity index (χ4n) is 2.91. The molecule has 1 heterocycles. The van der Waals surface area contributed by atoms with Gasteiger partial charge in [-0.05, 0) is 35.9 Å². The van der Waals surface area contributed by atoms with E-state index >= 15 is 0 Å². The number of hydrogen-bond donors (Lipinski definition) is 1. The lowest BCUT2D eigenvalue weighted by molar-refractivity contribution is 0.102. The Balaban J connectivity index is 1.49. The Labute approximate surface area is 183 Å². The number of thiazole rings is 1. The summed E-state index contributed by atoms with van der Waals surface area (Å²) in [5.41, 5.74) is 2.17. The number of aromatic nitrogens is 1. The number of carbonyl (C=O) groups is 1. The summed E-state index contributed by atoms with van der Waals surface area (Å²) in [4.78, 5) is 16.8. The zero-order valence-corrected chi connectivity index (χ0v) is 17.5. The largest absolute Gasteiger partial charge is 0.493 e. The minimum Gasteiger partial charge on any atom is -0.493 e. The maximum absolute atomic E-state index is 13.8. The molecule has 1 amide bonds. The molecule has 0 unspecified atom stereocenters. The van der Waals surface area contributed by atoms with Crippen molar-refractivity contribution in [2.75, 3.05) is 12.4 Å². The zero-order chi connectivity index (χ0) is 21.6. The van der Waals surface area contributed by atoms with Crippen LogP contribution in [0.15, 0.2) is 78.2 Å². The number of nitrogens with one attached hydrogen (secondary N) is 1. The van der Waals surface area contributed by atoms with E-state index in [4.69, 9.17) is 9.47 Å². The number of carbonyl (C=O) groups excluding carboxylic acids is 1. The number of hydrogen-bond acceptors (Lipinski definition) is 5. The van der Waals surface area contributed by atoms with Crippen molar-refractivity contribution in [1.82, 2.24) is 4.98 Å². The third-order valence-electron chi connectivity index (χ3n) is 4.51. The van der Waals surface area contributed by atoms with Crippen molar-refractivity contribution in [1.29, 1.82) is 0 Å². The highest BCUT2D eigenvalue weighted by Crippen LogP contribution is 2.34. The van der Waals surface area contributed by atoms with Gasteiger partial charge >= 0.3 is 0 Å². The molecule has 4 rings (SSSR count). The van der Waals surface area contributed by atoms with E-state index in [1.165, 1.54) is 23.5 Å². The number of para-hydroxylation sites is 1. The Morgan fingerprint density at radius 1 is 1.03 bits per heavy atom. The standard InChI is InChI=1S/C24H19FN2O3S/c1-29-22-13-17(11-12-21(22)30-14-16-7-3-2-4-8-16)24-27-20(15-31-24)23(28)26-19-10-6-5-9-18(19)25/h2-13,15H,14H2,1H3,(H,26,28). The molecule has 7 heteroatoms. The first kappa shape index (κ1) is 20.6. The Kier molecular flexibility index (Phi) is 6.24. The first-order chi connectivity index (χ1) is 15.1. The van der Waals surface area contributed by atoms with Crippen LogP contribution in [0, 0.1) is 5.82 Å². The van der Waals surface area contributed by atoms with E-state index in [2.05, 4.69) is 10.3 Å². The summed E-state index contributed by atoms with van der Waals surface area (Å²) in [5, 5.41) is 4.82. The molecular formula is C24H19FN2O3S. The third-order valence-corrected chi connectivity index (χ3v) is 5.40. The van der Waals surface area contributed by atoms with Crippen molar-refractivity contribution in [3.8, 4) is 22.1 Å². The summed E-state index contributed by atoms with van der Waals surface area (Å²) in [6.45, 7) is 0.425. The number of anilines is 1. The predicted molar refractivity (Wildman–Crippen MR) is 119 cm³/mol. The Hall–Kier alpha value is -3.71. The van der Waals surface area contributed by atoms with E-state index in [0.29, 0.717) is 23.1 Å². The summed E-state index contributed by atoms with van der Waals surface area (Å²) in [6, 6.07) is 21.4. The average Bonchev–Trinajstić information content (AvgIpc) is 3.30. The van der Waals surface area contributed by atoms with Crippen molar-refractivity contribution >= 4 is 22.9 Å². The zero-order valence-electron chi connectivity index (χ0n) is 16.7. The van der Waals surface area contributed by atoms with Gasteiger partial charge in [0, 0.05) is 10.9 Å². The second kappa shape index (κ2) is 9.40. The molecule has 5 nitrogen and oxygen atoms in total. The van der Waals surface area contributed by atoms with Gasteiger partial charge < -0.3 is 14.8 Å². The van der Waals surface area contributed by atoms with Gasteiger partial charge in [-0.25, -0.2) is 9.37 Å². The molecular weight excluding hydrogens is 415 g/mol. The van der Waals surface area contributed by atoms with Gasteiger partial charge in [-0.3, -0.25) is 4.79 Å². The van der Waals surface area contributed by atoms with Crippen molar-refractivity contribution in [2.45, 2.75) is 6.61 Å². The molecule has 0 spiro atoms. The number of rotatable bonds is 7. The van der Waals surface area contributed by atoms with Gasteiger partial charge in [0.1, 0.15) is 23.1 Å². The number of nitrogens with zero attached hydrogens (tertiary/aromatic N) is 1. The quantitative estimate of drug-likeness (QED) is 0.400. The summed E-state index contributed by atoms with van der Waals surface area (Å²) < 4.78 is 25.1. The van der Waals surface area contributed by atoms with Crippen molar-refractivity contribution < 1.29 is 18.7 Å². The lowest BCUT2D eigenvalue weighted by Crippen LogP contribution is -2.13. The Morgan fingerprint density at radius 2 is 1.81 bits per heavy atom. The van der Waals surface area contributed by atoms with Crippen molar-refractivity contribution in [2.24, 2.45) is 0 Å². The molecule has 3 aromatic carbocycles. The molecule has 0 aliphatic carbocycles. The summed E-state index contributed by atoms with van der Waals surface area (Å²) in [5.74, 6) is 0.217. The fourth-order valence-corrected chi connectivity index (χ4v) is 3.71. The van der Waals surface area contributed by atoms with E-state index in [0.717, 1.165) is 11.1 Å². The van der Waals surface area contributed by atoms with Crippen LogP contribution in [0.3, 0.4) is 0 Å². The van der Waals surface area contributed by atoms with Crippen LogP contribution in [0.2, 0.25) is 0 Å². The fraction of sp³-hybridized carbons (Fsp3) is 0.0833. The van der Waals surface area contributed by atoms with E-state index in [1.807, 2.05) is 48.5 Å². The summed E-state index contributed by atoms with van der Waals surface area (Å²) >= 11 is 1.32. The second-order valence-electron chi connectivity index (χ2n) is 6.61. The van der Waals surface area contributed by atoms with Crippen molar-refractivity contribution in [3.63, 3.8) is 0 Å². The minimum absolute atomic E-state index is 0.114. The van der Waals surface area contributed by atoms with Crippen LogP contribution in [0.25, 0.3) is 10.6 Å². The maximum atomic E-state index is 13.8. The highest BCUT2D eigenvalue weighted by atomic mass is 32.1. The van der Waals surface area contributed by atoms with Crippen molar-refractivity contribution in [3.05, 3.63) is 95.3 Å². The molecule has 0 radical (unpaired) electrons. The average molecular weight is 434 g/mol. The topological polar surface area (TPSA) is 60.5 Å². The molecule has 31 heavy (non-hydrogen) atoms. The van der Waals surface area contributed by atoms with Gasteiger partial charge in [0.25, 0.3) is 5.91 Å². The van der Waals surface area contributed by atoms with Gasteiger partial charge in [0.05, 0.1) is 12.8 Å². The Bertz CT molecular complexity index is 1190. The molecule has 4 aromatic rings. The highest BCUT2D eigenvalue weighted by molar-refractivity contribution is 7.13. The smallest absolute Gasteiger partial charge is 0.275 e. The van der Waals surface area contributed by atoms with Gasteiger partial charge in [0.2, 0.25) is 0 Å². The first-order valence-electron chi connectivity index (χ1n) is 9.50. The van der Waals surface area contributed by atoms with Crippen LogP contribution in [-0.4, -0.2) is 18.0 Å². The lowest BCUT2D eigenvalue weighted by atomic mass is 10.2. The van der Waals surface area contributed by atoms with Gasteiger partial charge in [0.15, 0.2) is 11.5 Å².